The molecule has 1 aromatic carbocycles. The Morgan fingerprint density at radius 3 is 2.07 bits per heavy atom. The molecule has 0 bridgehead atoms. The van der Waals surface area contributed by atoms with E-state index >= 15 is 4.39 Å². The maximum absolute atomic E-state index is 15.8. The second kappa shape index (κ2) is 8.25. The van der Waals surface area contributed by atoms with Gasteiger partial charge in [0.25, 0.3) is 5.41 Å². The molecule has 0 amide bonds. The van der Waals surface area contributed by atoms with Crippen LogP contribution in [0.5, 0.6) is 5.75 Å². The lowest BCUT2D eigenvalue weighted by Crippen LogP contribution is -2.34. The van der Waals surface area contributed by atoms with Gasteiger partial charge in [0.1, 0.15) is 5.75 Å². The van der Waals surface area contributed by atoms with Gasteiger partial charge in [-0.25, -0.2) is 4.39 Å². The van der Waals surface area contributed by atoms with Gasteiger partial charge in [-0.05, 0) is 69.1 Å². The van der Waals surface area contributed by atoms with Crippen molar-refractivity contribution in [3.8, 4) is 5.75 Å². The van der Waals surface area contributed by atoms with E-state index in [0.29, 0.717) is 29.5 Å². The molecule has 5 nitrogen and oxygen atoms in total. The lowest BCUT2D eigenvalue weighted by atomic mass is 9.78. The fourth-order valence-electron chi connectivity index (χ4n) is 3.69. The number of carbonyl (C=O) groups is 1. The zero-order valence-corrected chi connectivity index (χ0v) is 18.6. The van der Waals surface area contributed by atoms with Gasteiger partial charge in [0.2, 0.25) is 5.78 Å². The van der Waals surface area contributed by atoms with Gasteiger partial charge in [0.05, 0.1) is 13.2 Å². The maximum atomic E-state index is 15.8. The van der Waals surface area contributed by atoms with Crippen LogP contribution in [0, 0.1) is 0 Å². The first-order chi connectivity index (χ1) is 12.9. The second-order valence-electron chi connectivity index (χ2n) is 8.35. The quantitative estimate of drug-likeness (QED) is 0.457. The summed E-state index contributed by atoms with van der Waals surface area (Å²) in [6.07, 6.45) is 2.94. The highest BCUT2D eigenvalue weighted by atomic mass is 31.2. The van der Waals surface area contributed by atoms with Crippen molar-refractivity contribution in [1.82, 2.24) is 0 Å². The van der Waals surface area contributed by atoms with E-state index in [1.807, 2.05) is 20.8 Å². The average molecular weight is 414 g/mol. The molecule has 2 rings (SSSR count). The molecular formula is C21H32FO5P. The molecule has 1 unspecified atom stereocenters. The minimum atomic E-state index is -4.33. The summed E-state index contributed by atoms with van der Waals surface area (Å²) < 4.78 is 39.1. The third-order valence-corrected chi connectivity index (χ3v) is 7.63. The van der Waals surface area contributed by atoms with Crippen LogP contribution >= 0.6 is 7.60 Å². The SMILES string of the molecule is CCOP(=O)(OCC)C(C)(F)C(=O)c1cc(C(C)(C)C)c(O)c2c1CCCC2. The summed E-state index contributed by atoms with van der Waals surface area (Å²) in [5, 5.41) is 7.98. The molecule has 28 heavy (non-hydrogen) atoms. The van der Waals surface area contributed by atoms with Crippen LogP contribution in [0.15, 0.2) is 6.07 Å². The van der Waals surface area contributed by atoms with Gasteiger partial charge >= 0.3 is 7.60 Å². The first kappa shape index (κ1) is 23.1. The molecule has 0 aromatic heterocycles. The molecule has 0 fully saturated rings. The van der Waals surface area contributed by atoms with Crippen LogP contribution < -0.4 is 0 Å². The molecule has 0 saturated heterocycles. The van der Waals surface area contributed by atoms with Crippen LogP contribution in [0.2, 0.25) is 0 Å². The number of halogens is 1. The molecule has 1 aromatic rings. The predicted octanol–water partition coefficient (Wildman–Crippen LogP) is 5.70. The zero-order valence-electron chi connectivity index (χ0n) is 17.7. The first-order valence-corrected chi connectivity index (χ1v) is 11.5. The molecule has 0 aliphatic heterocycles. The molecule has 158 valence electrons. The predicted molar refractivity (Wildman–Crippen MR) is 108 cm³/mol. The summed E-state index contributed by atoms with van der Waals surface area (Å²) in [7, 11) is -4.33. The fourth-order valence-corrected chi connectivity index (χ4v) is 5.30. The Balaban J connectivity index is 2.69. The van der Waals surface area contributed by atoms with Crippen molar-refractivity contribution in [3.63, 3.8) is 0 Å². The number of phenolic OH excluding ortho intramolecular Hbond substituents is 1. The van der Waals surface area contributed by atoms with Crippen LogP contribution in [0.25, 0.3) is 0 Å². The van der Waals surface area contributed by atoms with E-state index < -0.39 is 24.2 Å². The Kier molecular flexibility index (Phi) is 6.79. The summed E-state index contributed by atoms with van der Waals surface area (Å²) in [5.74, 6) is -0.738. The van der Waals surface area contributed by atoms with Gasteiger partial charge in [0.15, 0.2) is 0 Å². The standard InChI is InChI=1S/C21H32FO5P/c1-7-26-28(25,27-8-2)21(6,22)19(24)16-13-17(20(3,4)5)18(23)15-12-10-9-11-14(15)16/h13,23H,7-12H2,1-6H3. The van der Waals surface area contributed by atoms with Crippen LogP contribution in [0.1, 0.15) is 81.4 Å². The number of hydrogen-bond donors (Lipinski definition) is 1. The lowest BCUT2D eigenvalue weighted by molar-refractivity contribution is 0.0769. The molecule has 1 aliphatic carbocycles. The number of phenols is 1. The van der Waals surface area contributed by atoms with E-state index in [2.05, 4.69) is 0 Å². The highest BCUT2D eigenvalue weighted by Crippen LogP contribution is 2.62. The van der Waals surface area contributed by atoms with E-state index in [1.54, 1.807) is 19.9 Å². The van der Waals surface area contributed by atoms with Crippen molar-refractivity contribution in [2.24, 2.45) is 0 Å². The summed E-state index contributed by atoms with van der Waals surface area (Å²) in [4.78, 5) is 13.3. The summed E-state index contributed by atoms with van der Waals surface area (Å²) in [5.41, 5.74) is 1.64. The number of ketones is 1. The minimum absolute atomic E-state index is 0.0367. The van der Waals surface area contributed by atoms with E-state index in [9.17, 15) is 14.5 Å². The van der Waals surface area contributed by atoms with Crippen molar-refractivity contribution in [3.05, 3.63) is 28.3 Å². The van der Waals surface area contributed by atoms with Crippen molar-refractivity contribution in [2.75, 3.05) is 13.2 Å². The third kappa shape index (κ3) is 4.05. The molecular weight excluding hydrogens is 382 g/mol. The Morgan fingerprint density at radius 2 is 1.61 bits per heavy atom. The van der Waals surface area contributed by atoms with Crippen LogP contribution in [-0.2, 0) is 31.9 Å². The Hall–Kier alpha value is -1.23. The van der Waals surface area contributed by atoms with E-state index in [0.717, 1.165) is 19.8 Å². The summed E-state index contributed by atoms with van der Waals surface area (Å²) in [6, 6.07) is 1.56. The van der Waals surface area contributed by atoms with E-state index in [1.165, 1.54) is 0 Å². The van der Waals surface area contributed by atoms with Crippen molar-refractivity contribution >= 4 is 13.4 Å². The van der Waals surface area contributed by atoms with E-state index in [4.69, 9.17) is 9.05 Å². The van der Waals surface area contributed by atoms with Crippen molar-refractivity contribution in [2.45, 2.75) is 78.1 Å². The van der Waals surface area contributed by atoms with Gasteiger partial charge < -0.3 is 14.2 Å². The zero-order chi connectivity index (χ0) is 21.3. The van der Waals surface area contributed by atoms with Gasteiger partial charge in [-0.2, -0.15) is 0 Å². The molecule has 7 heteroatoms. The summed E-state index contributed by atoms with van der Waals surface area (Å²) >= 11 is 0. The molecule has 1 N–H and O–H groups in total. The van der Waals surface area contributed by atoms with E-state index in [-0.39, 0.29) is 24.5 Å². The number of Topliss-reactive ketones (excluding diaryl/α,β-unsaturated/α-hetero) is 1. The molecule has 0 radical (unpaired) electrons. The number of benzene rings is 1. The average Bonchev–Trinajstić information content (AvgIpc) is 2.61. The Morgan fingerprint density at radius 1 is 1.11 bits per heavy atom. The lowest BCUT2D eigenvalue weighted by Gasteiger charge is -2.31. The maximum Gasteiger partial charge on any atom is 0.375 e. The number of carbonyl (C=O) groups excluding carboxylic acids is 1. The monoisotopic (exact) mass is 414 g/mol. The molecule has 0 spiro atoms. The Bertz CT molecular complexity index is 785. The number of aromatic hydroxyl groups is 1. The number of hydrogen-bond acceptors (Lipinski definition) is 5. The van der Waals surface area contributed by atoms with Crippen molar-refractivity contribution < 1.29 is 27.9 Å². The van der Waals surface area contributed by atoms with Crippen LogP contribution in [0.4, 0.5) is 4.39 Å². The number of rotatable bonds is 7. The molecule has 0 saturated carbocycles. The van der Waals surface area contributed by atoms with Gasteiger partial charge in [-0.15, -0.1) is 0 Å². The Labute approximate surface area is 167 Å². The largest absolute Gasteiger partial charge is 0.507 e. The van der Waals surface area contributed by atoms with Gasteiger partial charge in [-0.3, -0.25) is 9.36 Å². The third-order valence-electron chi connectivity index (χ3n) is 5.20. The number of alkyl halides is 1. The second-order valence-corrected chi connectivity index (χ2v) is 10.7. The molecule has 0 heterocycles. The highest BCUT2D eigenvalue weighted by Gasteiger charge is 2.55. The van der Waals surface area contributed by atoms with Crippen molar-refractivity contribution in [1.29, 1.82) is 0 Å². The first-order valence-electron chi connectivity index (χ1n) is 9.91. The smallest absolute Gasteiger partial charge is 0.375 e. The molecule has 1 aliphatic rings. The topological polar surface area (TPSA) is 72.8 Å². The van der Waals surface area contributed by atoms with Crippen LogP contribution in [0.3, 0.4) is 0 Å². The van der Waals surface area contributed by atoms with Gasteiger partial charge in [0, 0.05) is 11.1 Å². The minimum Gasteiger partial charge on any atom is -0.507 e. The molecule has 1 atom stereocenters. The number of fused-ring (bicyclic) bond motifs is 1. The normalized spacial score (nSPS) is 17.1. The van der Waals surface area contributed by atoms with Gasteiger partial charge in [-0.1, -0.05) is 20.8 Å². The summed E-state index contributed by atoms with van der Waals surface area (Å²) in [6.45, 7) is 9.82. The fraction of sp³-hybridized carbons (Fsp3) is 0.667. The highest BCUT2D eigenvalue weighted by molar-refractivity contribution is 7.56. The van der Waals surface area contributed by atoms with Crippen LogP contribution in [-0.4, -0.2) is 29.5 Å².